The molecule has 1 aromatic carbocycles. The van der Waals surface area contributed by atoms with Crippen LogP contribution in [0.3, 0.4) is 0 Å². The summed E-state index contributed by atoms with van der Waals surface area (Å²) < 4.78 is 57.9. The molecular formula is C25H27F3N4O5S. The first-order valence-electron chi connectivity index (χ1n) is 12.0. The zero-order chi connectivity index (χ0) is 27.3. The van der Waals surface area contributed by atoms with E-state index in [0.717, 1.165) is 18.7 Å². The summed E-state index contributed by atoms with van der Waals surface area (Å²) in [6, 6.07) is 9.76. The topological polar surface area (TPSA) is 97.8 Å². The van der Waals surface area contributed by atoms with E-state index in [1.807, 2.05) is 30.3 Å². The number of aromatic nitrogens is 2. The van der Waals surface area contributed by atoms with E-state index in [0.29, 0.717) is 28.9 Å². The summed E-state index contributed by atoms with van der Waals surface area (Å²) in [4.78, 5) is 27.9. The summed E-state index contributed by atoms with van der Waals surface area (Å²) in [5.74, 6) is 2.34. The molecule has 0 bridgehead atoms. The van der Waals surface area contributed by atoms with Crippen LogP contribution in [0.2, 0.25) is 0 Å². The van der Waals surface area contributed by atoms with Crippen LogP contribution in [-0.2, 0) is 26.9 Å². The van der Waals surface area contributed by atoms with Crippen LogP contribution in [-0.4, -0.2) is 70.6 Å². The molecule has 2 N–H and O–H groups in total. The smallest absolute Gasteiger partial charge is 0.423 e. The Labute approximate surface area is 221 Å². The maximum Gasteiger partial charge on any atom is 0.423 e. The number of H-pyrrole nitrogens is 1. The third kappa shape index (κ3) is 6.69. The minimum atomic E-state index is -4.95. The van der Waals surface area contributed by atoms with Crippen molar-refractivity contribution in [3.63, 3.8) is 0 Å². The van der Waals surface area contributed by atoms with Crippen molar-refractivity contribution >= 4 is 17.3 Å². The van der Waals surface area contributed by atoms with Gasteiger partial charge in [-0.1, -0.05) is 36.3 Å². The van der Waals surface area contributed by atoms with Gasteiger partial charge >= 0.3 is 11.9 Å². The molecule has 0 saturated carbocycles. The fourth-order valence-corrected chi connectivity index (χ4v) is 4.80. The minimum absolute atomic E-state index is 0.0107. The third-order valence-corrected chi connectivity index (χ3v) is 6.78. The Hall–Kier alpha value is -3.02. The number of benzene rings is 1. The maximum absolute atomic E-state index is 13.3. The molecule has 38 heavy (non-hydrogen) atoms. The molecule has 4 rings (SSSR count). The van der Waals surface area contributed by atoms with Gasteiger partial charge in [-0.3, -0.25) is 19.2 Å². The predicted octanol–water partition coefficient (Wildman–Crippen LogP) is 1.68. The number of aromatic amines is 1. The molecule has 2 aliphatic heterocycles. The van der Waals surface area contributed by atoms with Gasteiger partial charge in [0.15, 0.2) is 5.05 Å². The SMILES string of the molecule is C#CCO[C@H]1C[C@H](n2cc(C(F)(F)F)c(=O)[nH]c2=O)O[C@@H]1COC(=S)C1CNCCN1Cc1ccccc1. The first-order chi connectivity index (χ1) is 18.2. The van der Waals surface area contributed by atoms with Crippen molar-refractivity contribution in [3.8, 4) is 12.3 Å². The molecule has 0 spiro atoms. The van der Waals surface area contributed by atoms with Gasteiger partial charge in [0.25, 0.3) is 5.56 Å². The van der Waals surface area contributed by atoms with Crippen LogP contribution in [0.1, 0.15) is 23.8 Å². The highest BCUT2D eigenvalue weighted by molar-refractivity contribution is 7.80. The van der Waals surface area contributed by atoms with Gasteiger partial charge in [-0.2, -0.15) is 13.2 Å². The van der Waals surface area contributed by atoms with Gasteiger partial charge in [-0.25, -0.2) is 4.79 Å². The molecule has 2 aliphatic rings. The first kappa shape index (κ1) is 28.0. The average molecular weight is 553 g/mol. The molecule has 2 aromatic rings. The number of hydrogen-bond acceptors (Lipinski definition) is 8. The highest BCUT2D eigenvalue weighted by Gasteiger charge is 2.41. The number of ether oxygens (including phenoxy) is 3. The van der Waals surface area contributed by atoms with E-state index in [-0.39, 0.29) is 25.7 Å². The van der Waals surface area contributed by atoms with Gasteiger partial charge in [-0.05, 0) is 17.8 Å². The van der Waals surface area contributed by atoms with Gasteiger partial charge in [0.05, 0.1) is 12.1 Å². The quantitative estimate of drug-likeness (QED) is 0.377. The number of nitrogens with zero attached hydrogens (tertiary/aromatic N) is 2. The first-order valence-corrected chi connectivity index (χ1v) is 12.4. The molecule has 1 aromatic heterocycles. The van der Waals surface area contributed by atoms with E-state index in [9.17, 15) is 22.8 Å². The number of nitrogens with one attached hydrogen (secondary N) is 2. The zero-order valence-corrected chi connectivity index (χ0v) is 21.1. The summed E-state index contributed by atoms with van der Waals surface area (Å²) in [5.41, 5.74) is -2.93. The molecule has 0 aliphatic carbocycles. The maximum atomic E-state index is 13.3. The van der Waals surface area contributed by atoms with Crippen LogP contribution in [0.25, 0.3) is 0 Å². The molecule has 0 radical (unpaired) electrons. The van der Waals surface area contributed by atoms with Crippen molar-refractivity contribution in [2.24, 2.45) is 0 Å². The predicted molar refractivity (Wildman–Crippen MR) is 135 cm³/mol. The van der Waals surface area contributed by atoms with E-state index in [1.54, 1.807) is 4.98 Å². The Morgan fingerprint density at radius 3 is 2.74 bits per heavy atom. The third-order valence-electron chi connectivity index (χ3n) is 6.39. The fourth-order valence-electron chi connectivity index (χ4n) is 4.50. The monoisotopic (exact) mass is 552 g/mol. The normalized spacial score (nSPS) is 24.2. The number of halogens is 3. The number of terminal acetylenes is 1. The van der Waals surface area contributed by atoms with Crippen LogP contribution < -0.4 is 16.6 Å². The van der Waals surface area contributed by atoms with E-state index in [4.69, 9.17) is 32.9 Å². The van der Waals surface area contributed by atoms with Crippen molar-refractivity contribution in [1.82, 2.24) is 19.8 Å². The number of piperazine rings is 1. The fraction of sp³-hybridized carbons (Fsp3) is 0.480. The van der Waals surface area contributed by atoms with Crippen molar-refractivity contribution in [1.29, 1.82) is 0 Å². The lowest BCUT2D eigenvalue weighted by molar-refractivity contribution is -0.139. The molecule has 4 atom stereocenters. The molecule has 2 saturated heterocycles. The van der Waals surface area contributed by atoms with Gasteiger partial charge in [0, 0.05) is 38.8 Å². The highest BCUT2D eigenvalue weighted by atomic mass is 32.1. The Balaban J connectivity index is 1.46. The minimum Gasteiger partial charge on any atom is -0.482 e. The molecule has 9 nitrogen and oxygen atoms in total. The lowest BCUT2D eigenvalue weighted by Gasteiger charge is -2.36. The van der Waals surface area contributed by atoms with Crippen molar-refractivity contribution < 1.29 is 27.4 Å². The summed E-state index contributed by atoms with van der Waals surface area (Å²) in [6.07, 6.45) is -1.79. The number of hydrogen-bond donors (Lipinski definition) is 2. The van der Waals surface area contributed by atoms with Gasteiger partial charge in [0.1, 0.15) is 31.1 Å². The second-order valence-electron chi connectivity index (χ2n) is 8.93. The second-order valence-corrected chi connectivity index (χ2v) is 9.33. The van der Waals surface area contributed by atoms with Crippen LogP contribution in [0.5, 0.6) is 0 Å². The van der Waals surface area contributed by atoms with Crippen LogP contribution in [0.15, 0.2) is 46.1 Å². The summed E-state index contributed by atoms with van der Waals surface area (Å²) in [7, 11) is 0. The average Bonchev–Trinajstić information content (AvgIpc) is 3.28. The van der Waals surface area contributed by atoms with Crippen molar-refractivity contribution in [2.45, 2.75) is 43.6 Å². The molecule has 2 fully saturated rings. The Kier molecular flexibility index (Phi) is 9.01. The van der Waals surface area contributed by atoms with E-state index >= 15 is 0 Å². The van der Waals surface area contributed by atoms with Gasteiger partial charge in [0.2, 0.25) is 0 Å². The summed E-state index contributed by atoms with van der Waals surface area (Å²) >= 11 is 5.59. The molecular weight excluding hydrogens is 525 g/mol. The Morgan fingerprint density at radius 1 is 1.26 bits per heavy atom. The largest absolute Gasteiger partial charge is 0.482 e. The van der Waals surface area contributed by atoms with E-state index < -0.39 is 41.4 Å². The highest BCUT2D eigenvalue weighted by Crippen LogP contribution is 2.32. The molecule has 13 heteroatoms. The zero-order valence-electron chi connectivity index (χ0n) is 20.3. The molecule has 3 heterocycles. The lowest BCUT2D eigenvalue weighted by Crippen LogP contribution is -2.54. The molecule has 204 valence electrons. The number of rotatable bonds is 8. The van der Waals surface area contributed by atoms with E-state index in [1.165, 1.54) is 0 Å². The molecule has 0 amide bonds. The Morgan fingerprint density at radius 2 is 2.03 bits per heavy atom. The van der Waals surface area contributed by atoms with Crippen LogP contribution >= 0.6 is 12.2 Å². The number of alkyl halides is 3. The second kappa shape index (κ2) is 12.2. The van der Waals surface area contributed by atoms with Crippen LogP contribution in [0, 0.1) is 12.3 Å². The van der Waals surface area contributed by atoms with Gasteiger partial charge < -0.3 is 19.5 Å². The summed E-state index contributed by atoms with van der Waals surface area (Å²) in [5, 5.41) is 3.64. The number of thiocarbonyl (C=S) groups is 1. The molecule has 1 unspecified atom stereocenters. The Bertz CT molecular complexity index is 1280. The van der Waals surface area contributed by atoms with Crippen molar-refractivity contribution in [2.75, 3.05) is 32.8 Å². The van der Waals surface area contributed by atoms with Gasteiger partial charge in [-0.15, -0.1) is 6.42 Å². The van der Waals surface area contributed by atoms with E-state index in [2.05, 4.69) is 16.1 Å². The lowest BCUT2D eigenvalue weighted by atomic mass is 10.1. The van der Waals surface area contributed by atoms with Crippen molar-refractivity contribution in [3.05, 3.63) is 68.5 Å². The van der Waals surface area contributed by atoms with Crippen LogP contribution in [0.4, 0.5) is 13.2 Å². The standard InChI is InChI=1S/C25H27F3N4O5S/c1-2-10-35-19-11-21(32-14-17(25(26,27)28)22(33)30-24(32)34)37-20(19)15-36-23(38)18-12-29-8-9-31(18)13-16-6-4-3-5-7-16/h1,3-7,14,18-21,29H,8-13,15H2,(H,30,33,34)/t18?,19-,20+,21+/m0/s1. The summed E-state index contributed by atoms with van der Waals surface area (Å²) in [6.45, 7) is 2.69.